The molecule has 0 heterocycles. The molecule has 0 radical (unpaired) electrons. The number of hydrogen-bond donors (Lipinski definition) is 0. The molecule has 184 valence electrons. The van der Waals surface area contributed by atoms with Gasteiger partial charge in [-0.1, -0.05) is 82.3 Å². The first-order chi connectivity index (χ1) is 17.2. The molecule has 0 aliphatic heterocycles. The molecule has 0 amide bonds. The molecule has 2 aliphatic carbocycles. The first-order valence-electron chi connectivity index (χ1n) is 14.3. The molecule has 0 saturated heterocycles. The predicted octanol–water partition coefficient (Wildman–Crippen LogP) is 9.63. The van der Waals surface area contributed by atoms with Crippen molar-refractivity contribution in [1.82, 2.24) is 0 Å². The van der Waals surface area contributed by atoms with Crippen LogP contribution in [-0.2, 0) is 0 Å². The number of unbranched alkanes of at least 4 members (excludes halogenated alkanes) is 1. The highest BCUT2D eigenvalue weighted by Gasteiger charge is 2.26. The zero-order valence-corrected chi connectivity index (χ0v) is 21.9. The molecule has 2 aromatic rings. The summed E-state index contributed by atoms with van der Waals surface area (Å²) in [5.41, 5.74) is 5.66. The van der Waals surface area contributed by atoms with Gasteiger partial charge in [-0.25, -0.2) is 0 Å². The lowest BCUT2D eigenvalue weighted by Crippen LogP contribution is -2.15. The van der Waals surface area contributed by atoms with Crippen molar-refractivity contribution in [2.24, 2.45) is 11.8 Å². The molecule has 0 spiro atoms. The summed E-state index contributed by atoms with van der Waals surface area (Å²) in [7, 11) is 0. The Morgan fingerprint density at radius 1 is 0.657 bits per heavy atom. The van der Waals surface area contributed by atoms with Crippen LogP contribution in [0, 0.1) is 34.5 Å². The van der Waals surface area contributed by atoms with Gasteiger partial charge in [-0.05, 0) is 91.7 Å². The van der Waals surface area contributed by atoms with Crippen molar-refractivity contribution in [2.75, 3.05) is 0 Å². The molecule has 2 heteroatoms. The van der Waals surface area contributed by atoms with Gasteiger partial charge in [0.05, 0.1) is 11.1 Å². The van der Waals surface area contributed by atoms with Crippen LogP contribution in [-0.4, -0.2) is 0 Å². The summed E-state index contributed by atoms with van der Waals surface area (Å²) in [5, 5.41) is 20.2. The number of nitriles is 2. The standard InChI is InChI=1S/C33H42N2/c1-3-5-7-25-10-14-28(15-11-25)30-20-21-31(33(23-35)32(30)22-34)29-18-16-27(17-19-29)26-12-8-24(6-4-2)9-13-26/h16-21,24-26,28H,3-15H2,1-2H3/t24-,25-,26-,28-. The molecule has 0 N–H and O–H groups in total. The molecule has 0 atom stereocenters. The summed E-state index contributed by atoms with van der Waals surface area (Å²) in [6.07, 6.45) is 16.7. The third-order valence-corrected chi connectivity index (χ3v) is 8.95. The largest absolute Gasteiger partial charge is 0.192 e. The lowest BCUT2D eigenvalue weighted by molar-refractivity contribution is 0.304. The van der Waals surface area contributed by atoms with Crippen LogP contribution in [0.15, 0.2) is 36.4 Å². The summed E-state index contributed by atoms with van der Waals surface area (Å²) >= 11 is 0. The van der Waals surface area contributed by atoms with Gasteiger partial charge in [0.25, 0.3) is 0 Å². The van der Waals surface area contributed by atoms with E-state index in [0.717, 1.165) is 41.4 Å². The second-order valence-corrected chi connectivity index (χ2v) is 11.2. The lowest BCUT2D eigenvalue weighted by atomic mass is 9.75. The Kier molecular flexibility index (Phi) is 9.04. The molecular weight excluding hydrogens is 424 g/mol. The fourth-order valence-electron chi connectivity index (χ4n) is 6.82. The Morgan fingerprint density at radius 3 is 1.83 bits per heavy atom. The van der Waals surface area contributed by atoms with Crippen molar-refractivity contribution < 1.29 is 0 Å². The molecule has 2 saturated carbocycles. The fraction of sp³-hybridized carbons (Fsp3) is 0.576. The summed E-state index contributed by atoms with van der Waals surface area (Å²) < 4.78 is 0. The van der Waals surface area contributed by atoms with Crippen LogP contribution in [0.25, 0.3) is 11.1 Å². The number of hydrogen-bond acceptors (Lipinski definition) is 2. The lowest BCUT2D eigenvalue weighted by Gasteiger charge is -2.30. The average Bonchev–Trinajstić information content (AvgIpc) is 2.92. The third-order valence-electron chi connectivity index (χ3n) is 8.95. The Morgan fingerprint density at radius 2 is 1.26 bits per heavy atom. The molecule has 2 fully saturated rings. The van der Waals surface area contributed by atoms with Gasteiger partial charge in [0.2, 0.25) is 0 Å². The van der Waals surface area contributed by atoms with Crippen LogP contribution in [0.1, 0.15) is 131 Å². The van der Waals surface area contributed by atoms with Crippen LogP contribution >= 0.6 is 0 Å². The number of rotatable bonds is 8. The van der Waals surface area contributed by atoms with E-state index in [1.54, 1.807) is 0 Å². The quantitative estimate of drug-likeness (QED) is 0.389. The first-order valence-corrected chi connectivity index (χ1v) is 14.3. The average molecular weight is 467 g/mol. The third kappa shape index (κ3) is 5.98. The molecule has 35 heavy (non-hydrogen) atoms. The van der Waals surface area contributed by atoms with Gasteiger partial charge in [0.1, 0.15) is 12.1 Å². The van der Waals surface area contributed by atoms with Crippen molar-refractivity contribution in [3.05, 3.63) is 58.7 Å². The fourth-order valence-corrected chi connectivity index (χ4v) is 6.82. The van der Waals surface area contributed by atoms with E-state index in [2.05, 4.69) is 62.4 Å². The zero-order valence-electron chi connectivity index (χ0n) is 21.9. The molecule has 4 rings (SSSR count). The monoisotopic (exact) mass is 466 g/mol. The van der Waals surface area contributed by atoms with Crippen molar-refractivity contribution in [3.8, 4) is 23.3 Å². The van der Waals surface area contributed by atoms with Gasteiger partial charge in [-0.3, -0.25) is 0 Å². The normalized spacial score (nSPS) is 24.5. The van der Waals surface area contributed by atoms with Gasteiger partial charge >= 0.3 is 0 Å². The van der Waals surface area contributed by atoms with Gasteiger partial charge in [0, 0.05) is 5.56 Å². The maximum atomic E-state index is 10.1. The molecule has 0 aromatic heterocycles. The molecule has 0 bridgehead atoms. The Labute approximate surface area is 213 Å². The van der Waals surface area contributed by atoms with E-state index in [0.29, 0.717) is 23.0 Å². The highest BCUT2D eigenvalue weighted by Crippen LogP contribution is 2.42. The second kappa shape index (κ2) is 12.4. The topological polar surface area (TPSA) is 47.6 Å². The van der Waals surface area contributed by atoms with Crippen LogP contribution in [0.3, 0.4) is 0 Å². The van der Waals surface area contributed by atoms with E-state index in [1.165, 1.54) is 76.2 Å². The van der Waals surface area contributed by atoms with Gasteiger partial charge in [0.15, 0.2) is 0 Å². The van der Waals surface area contributed by atoms with Crippen molar-refractivity contribution in [1.29, 1.82) is 10.5 Å². The van der Waals surface area contributed by atoms with Gasteiger partial charge in [-0.15, -0.1) is 0 Å². The zero-order chi connectivity index (χ0) is 24.6. The minimum atomic E-state index is 0.411. The van der Waals surface area contributed by atoms with E-state index in [1.807, 2.05) is 0 Å². The molecular formula is C33H42N2. The van der Waals surface area contributed by atoms with Gasteiger partial charge in [-0.2, -0.15) is 10.5 Å². The SMILES string of the molecule is CCCC[C@H]1CC[C@H](c2ccc(-c3ccc([C@H]4CC[C@H](CCC)CC4)cc3)c(C#N)c2C#N)CC1. The first kappa shape index (κ1) is 25.5. The highest BCUT2D eigenvalue weighted by atomic mass is 14.3. The molecule has 2 aromatic carbocycles. The van der Waals surface area contributed by atoms with E-state index in [-0.39, 0.29) is 0 Å². The van der Waals surface area contributed by atoms with E-state index in [9.17, 15) is 10.5 Å². The van der Waals surface area contributed by atoms with Crippen molar-refractivity contribution in [2.45, 2.75) is 109 Å². The predicted molar refractivity (Wildman–Crippen MR) is 145 cm³/mol. The summed E-state index contributed by atoms with van der Waals surface area (Å²) in [4.78, 5) is 0. The van der Waals surface area contributed by atoms with Crippen molar-refractivity contribution >= 4 is 0 Å². The molecule has 2 nitrogen and oxygen atoms in total. The number of nitrogens with zero attached hydrogens (tertiary/aromatic N) is 2. The van der Waals surface area contributed by atoms with Crippen LogP contribution in [0.4, 0.5) is 0 Å². The van der Waals surface area contributed by atoms with E-state index in [4.69, 9.17) is 0 Å². The number of benzene rings is 2. The van der Waals surface area contributed by atoms with Crippen LogP contribution in [0.5, 0.6) is 0 Å². The summed E-state index contributed by atoms with van der Waals surface area (Å²) in [6.45, 7) is 4.56. The van der Waals surface area contributed by atoms with Crippen molar-refractivity contribution in [3.63, 3.8) is 0 Å². The Balaban J connectivity index is 1.50. The maximum absolute atomic E-state index is 10.1. The van der Waals surface area contributed by atoms with E-state index < -0.39 is 0 Å². The minimum Gasteiger partial charge on any atom is -0.192 e. The molecule has 2 aliphatic rings. The van der Waals surface area contributed by atoms with Crippen LogP contribution in [0.2, 0.25) is 0 Å². The minimum absolute atomic E-state index is 0.411. The molecule has 0 unspecified atom stereocenters. The highest BCUT2D eigenvalue weighted by molar-refractivity contribution is 5.75. The second-order valence-electron chi connectivity index (χ2n) is 11.2. The smallest absolute Gasteiger partial charge is 0.101 e. The summed E-state index contributed by atoms with van der Waals surface area (Å²) in [5.74, 6) is 2.83. The van der Waals surface area contributed by atoms with Crippen LogP contribution < -0.4 is 0 Å². The Hall–Kier alpha value is -2.58. The maximum Gasteiger partial charge on any atom is 0.101 e. The van der Waals surface area contributed by atoms with Gasteiger partial charge < -0.3 is 0 Å². The summed E-state index contributed by atoms with van der Waals surface area (Å²) in [6, 6.07) is 17.9. The Bertz CT molecular complexity index is 1040. The van der Waals surface area contributed by atoms with E-state index >= 15 is 0 Å².